The Bertz CT molecular complexity index is 671. The number of methoxy groups -OCH3 is 1. The van der Waals surface area contributed by atoms with Gasteiger partial charge in [-0.25, -0.2) is 4.79 Å². The highest BCUT2D eigenvalue weighted by Crippen LogP contribution is 2.29. The van der Waals surface area contributed by atoms with Gasteiger partial charge in [-0.05, 0) is 23.8 Å². The molecule has 0 spiro atoms. The average Bonchev–Trinajstić information content (AvgIpc) is 2.58. The lowest BCUT2D eigenvalue weighted by Crippen LogP contribution is -2.29. The molecule has 0 aromatic heterocycles. The summed E-state index contributed by atoms with van der Waals surface area (Å²) in [4.78, 5) is 22.8. The molecule has 1 rings (SSSR count). The number of esters is 1. The molecule has 0 unspecified atom stereocenters. The van der Waals surface area contributed by atoms with Gasteiger partial charge in [0, 0.05) is 12.6 Å². The number of benzene rings is 1. The molecule has 0 aliphatic carbocycles. The molecule has 1 aromatic carbocycles. The van der Waals surface area contributed by atoms with Gasteiger partial charge in [0.15, 0.2) is 18.1 Å². The summed E-state index contributed by atoms with van der Waals surface area (Å²) in [5, 5.41) is 10.7. The third kappa shape index (κ3) is 7.78. The molecule has 0 fully saturated rings. The Kier molecular flexibility index (Phi) is 8.43. The van der Waals surface area contributed by atoms with Gasteiger partial charge in [-0.3, -0.25) is 4.79 Å². The molecule has 0 saturated heterocycles. The molecule has 1 aromatic rings. The standard InChI is InChI=1S/C16H16F2N2O5/c1-23-13-9-11(3-5-12(13)25-16(17)18)4-6-15(22)24-10-14(21)20-8-2-7-19/h3-6,9,16H,2,8,10H2,1H3,(H,20,21)/b6-4+. The minimum atomic E-state index is -2.98. The molecule has 9 heteroatoms. The van der Waals surface area contributed by atoms with Crippen LogP contribution in [-0.4, -0.2) is 38.7 Å². The van der Waals surface area contributed by atoms with Crippen molar-refractivity contribution >= 4 is 18.0 Å². The average molecular weight is 354 g/mol. The van der Waals surface area contributed by atoms with Gasteiger partial charge in [-0.15, -0.1) is 0 Å². The third-order valence-electron chi connectivity index (χ3n) is 2.72. The van der Waals surface area contributed by atoms with E-state index in [1.165, 1.54) is 31.4 Å². The van der Waals surface area contributed by atoms with Crippen LogP contribution in [0.25, 0.3) is 6.08 Å². The summed E-state index contributed by atoms with van der Waals surface area (Å²) in [5.41, 5.74) is 0.480. The van der Waals surface area contributed by atoms with Gasteiger partial charge in [0.05, 0.1) is 19.6 Å². The number of nitriles is 1. The molecular formula is C16H16F2N2O5. The SMILES string of the molecule is COc1cc(/C=C/C(=O)OCC(=O)NCCC#N)ccc1OC(F)F. The first-order chi connectivity index (χ1) is 12.0. The lowest BCUT2D eigenvalue weighted by molar-refractivity contribution is -0.143. The highest BCUT2D eigenvalue weighted by Gasteiger charge is 2.10. The predicted octanol–water partition coefficient (Wildman–Crippen LogP) is 1.88. The summed E-state index contributed by atoms with van der Waals surface area (Å²) >= 11 is 0. The first-order valence-electron chi connectivity index (χ1n) is 7.07. The fourth-order valence-electron chi connectivity index (χ4n) is 1.64. The van der Waals surface area contributed by atoms with Gasteiger partial charge >= 0.3 is 12.6 Å². The van der Waals surface area contributed by atoms with Gasteiger partial charge in [0.2, 0.25) is 0 Å². The van der Waals surface area contributed by atoms with E-state index < -0.39 is 25.1 Å². The first-order valence-corrected chi connectivity index (χ1v) is 7.07. The number of amides is 1. The molecule has 134 valence electrons. The monoisotopic (exact) mass is 354 g/mol. The predicted molar refractivity (Wildman–Crippen MR) is 82.9 cm³/mol. The molecule has 0 heterocycles. The summed E-state index contributed by atoms with van der Waals surface area (Å²) in [6.45, 7) is -3.28. The zero-order chi connectivity index (χ0) is 18.7. The zero-order valence-corrected chi connectivity index (χ0v) is 13.3. The van der Waals surface area contributed by atoms with Crippen LogP contribution in [0, 0.1) is 11.3 Å². The summed E-state index contributed by atoms with van der Waals surface area (Å²) in [6, 6.07) is 5.97. The number of rotatable bonds is 9. The fourth-order valence-corrected chi connectivity index (χ4v) is 1.64. The Labute approximate surface area is 142 Å². The van der Waals surface area contributed by atoms with Crippen LogP contribution in [0.2, 0.25) is 0 Å². The number of carbonyl (C=O) groups excluding carboxylic acids is 2. The molecule has 1 N–H and O–H groups in total. The number of hydrogen-bond donors (Lipinski definition) is 1. The molecule has 0 bridgehead atoms. The van der Waals surface area contributed by atoms with Gasteiger partial charge in [-0.2, -0.15) is 14.0 Å². The van der Waals surface area contributed by atoms with Crippen molar-refractivity contribution in [3.05, 3.63) is 29.8 Å². The van der Waals surface area contributed by atoms with E-state index in [0.717, 1.165) is 6.08 Å². The van der Waals surface area contributed by atoms with E-state index in [0.29, 0.717) is 5.56 Å². The molecule has 1 amide bonds. The fraction of sp³-hybridized carbons (Fsp3) is 0.312. The Hall–Kier alpha value is -3.15. The van der Waals surface area contributed by atoms with Crippen molar-refractivity contribution in [3.8, 4) is 17.6 Å². The van der Waals surface area contributed by atoms with Gasteiger partial charge in [0.1, 0.15) is 0 Å². The van der Waals surface area contributed by atoms with E-state index >= 15 is 0 Å². The first kappa shape index (κ1) is 19.9. The molecular weight excluding hydrogens is 338 g/mol. The molecule has 0 aliphatic rings. The van der Waals surface area contributed by atoms with Crippen LogP contribution in [0.1, 0.15) is 12.0 Å². The summed E-state index contributed by atoms with van der Waals surface area (Å²) < 4.78 is 38.4. The molecule has 0 aliphatic heterocycles. The Morgan fingerprint density at radius 2 is 2.12 bits per heavy atom. The number of halogens is 2. The Balaban J connectivity index is 2.55. The van der Waals surface area contributed by atoms with Crippen molar-refractivity contribution < 1.29 is 32.6 Å². The molecule has 0 saturated carbocycles. The summed E-state index contributed by atoms with van der Waals surface area (Å²) in [7, 11) is 1.29. The van der Waals surface area contributed by atoms with E-state index in [2.05, 4.69) is 10.1 Å². The van der Waals surface area contributed by atoms with Gasteiger partial charge < -0.3 is 19.5 Å². The second-order valence-electron chi connectivity index (χ2n) is 4.49. The van der Waals surface area contributed by atoms with E-state index in [-0.39, 0.29) is 24.5 Å². The maximum absolute atomic E-state index is 12.2. The Morgan fingerprint density at radius 3 is 2.76 bits per heavy atom. The second kappa shape index (κ2) is 10.6. The quantitative estimate of drug-likeness (QED) is 0.413. The van der Waals surface area contributed by atoms with E-state index in [4.69, 9.17) is 14.7 Å². The molecule has 7 nitrogen and oxygen atoms in total. The number of alkyl halides is 2. The molecule has 0 radical (unpaired) electrons. The minimum Gasteiger partial charge on any atom is -0.493 e. The number of nitrogens with zero attached hydrogens (tertiary/aromatic N) is 1. The van der Waals surface area contributed by atoms with Crippen LogP contribution < -0.4 is 14.8 Å². The van der Waals surface area contributed by atoms with Crippen LogP contribution in [0.4, 0.5) is 8.78 Å². The van der Waals surface area contributed by atoms with Crippen molar-refractivity contribution in [2.75, 3.05) is 20.3 Å². The summed E-state index contributed by atoms with van der Waals surface area (Å²) in [6.07, 6.45) is 2.60. The maximum Gasteiger partial charge on any atom is 0.387 e. The van der Waals surface area contributed by atoms with Gasteiger partial charge in [-0.1, -0.05) is 6.07 Å². The highest BCUT2D eigenvalue weighted by molar-refractivity contribution is 5.89. The normalized spacial score (nSPS) is 10.4. The number of hydrogen-bond acceptors (Lipinski definition) is 6. The Morgan fingerprint density at radius 1 is 1.36 bits per heavy atom. The van der Waals surface area contributed by atoms with Crippen LogP contribution in [0.3, 0.4) is 0 Å². The van der Waals surface area contributed by atoms with E-state index in [9.17, 15) is 18.4 Å². The minimum absolute atomic E-state index is 0.0766. The van der Waals surface area contributed by atoms with Crippen LogP contribution in [-0.2, 0) is 14.3 Å². The second-order valence-corrected chi connectivity index (χ2v) is 4.49. The smallest absolute Gasteiger partial charge is 0.387 e. The van der Waals surface area contributed by atoms with Crippen LogP contribution in [0.5, 0.6) is 11.5 Å². The maximum atomic E-state index is 12.2. The van der Waals surface area contributed by atoms with E-state index in [1.54, 1.807) is 0 Å². The van der Waals surface area contributed by atoms with Crippen molar-refractivity contribution in [2.45, 2.75) is 13.0 Å². The van der Waals surface area contributed by atoms with Crippen molar-refractivity contribution in [2.24, 2.45) is 0 Å². The molecule has 0 atom stereocenters. The van der Waals surface area contributed by atoms with Crippen molar-refractivity contribution in [1.29, 1.82) is 5.26 Å². The van der Waals surface area contributed by atoms with Gasteiger partial charge in [0.25, 0.3) is 5.91 Å². The number of carbonyl (C=O) groups is 2. The highest BCUT2D eigenvalue weighted by atomic mass is 19.3. The number of nitrogens with one attached hydrogen (secondary N) is 1. The van der Waals surface area contributed by atoms with Crippen LogP contribution in [0.15, 0.2) is 24.3 Å². The lowest BCUT2D eigenvalue weighted by atomic mass is 10.2. The molecule has 25 heavy (non-hydrogen) atoms. The lowest BCUT2D eigenvalue weighted by Gasteiger charge is -2.10. The van der Waals surface area contributed by atoms with Crippen molar-refractivity contribution in [3.63, 3.8) is 0 Å². The third-order valence-corrected chi connectivity index (χ3v) is 2.72. The largest absolute Gasteiger partial charge is 0.493 e. The van der Waals surface area contributed by atoms with Crippen LogP contribution >= 0.6 is 0 Å². The van der Waals surface area contributed by atoms with Crippen molar-refractivity contribution in [1.82, 2.24) is 5.32 Å². The number of ether oxygens (including phenoxy) is 3. The van der Waals surface area contributed by atoms with E-state index in [1.807, 2.05) is 6.07 Å². The zero-order valence-electron chi connectivity index (χ0n) is 13.3. The topological polar surface area (TPSA) is 97.6 Å². The summed E-state index contributed by atoms with van der Waals surface area (Å²) in [5.74, 6) is -1.34.